The highest BCUT2D eigenvalue weighted by Crippen LogP contribution is 2.41. The second-order valence-corrected chi connectivity index (χ2v) is 14.4. The molecule has 5 nitrogen and oxygen atoms in total. The average Bonchev–Trinajstić information content (AvgIpc) is 3.66. The SMILES string of the molecule is c1ccc(-c2cccc(-c3nc(-c4ccccc4)nc(-c4ccc5sc6c(-c7nc(-c8ccccc8)cc(-c8ccccc8)n7)cccc6c5c4)n3)c2)cc1. The summed E-state index contributed by atoms with van der Waals surface area (Å²) in [5, 5.41) is 2.28. The highest BCUT2D eigenvalue weighted by Gasteiger charge is 2.18. The number of benzene rings is 7. The zero-order valence-corrected chi connectivity index (χ0v) is 30.4. The van der Waals surface area contributed by atoms with E-state index in [1.807, 2.05) is 72.8 Å². The molecule has 0 unspecified atom stereocenters. The van der Waals surface area contributed by atoms with Crippen LogP contribution in [0, 0.1) is 0 Å². The van der Waals surface area contributed by atoms with Crippen LogP contribution in [0.3, 0.4) is 0 Å². The minimum atomic E-state index is 0.623. The van der Waals surface area contributed by atoms with Crippen LogP contribution in [0.15, 0.2) is 188 Å². The molecule has 0 radical (unpaired) electrons. The van der Waals surface area contributed by atoms with Crippen LogP contribution in [0.5, 0.6) is 0 Å². The highest BCUT2D eigenvalue weighted by molar-refractivity contribution is 7.26. The number of rotatable bonds is 7. The molecule has 6 heteroatoms. The molecule has 0 aliphatic heterocycles. The predicted molar refractivity (Wildman–Crippen MR) is 226 cm³/mol. The summed E-state index contributed by atoms with van der Waals surface area (Å²) in [5.74, 6) is 2.58. The van der Waals surface area contributed by atoms with Crippen molar-refractivity contribution >= 4 is 31.5 Å². The molecule has 0 aliphatic rings. The van der Waals surface area contributed by atoms with Crippen molar-refractivity contribution in [1.29, 1.82) is 0 Å². The topological polar surface area (TPSA) is 64.5 Å². The van der Waals surface area contributed by atoms with E-state index in [0.717, 1.165) is 71.4 Å². The lowest BCUT2D eigenvalue weighted by molar-refractivity contribution is 1.07. The fraction of sp³-hybridized carbons (Fsp3) is 0. The molecule has 10 aromatic rings. The van der Waals surface area contributed by atoms with Crippen LogP contribution in [-0.4, -0.2) is 24.9 Å². The van der Waals surface area contributed by atoms with E-state index in [2.05, 4.69) is 115 Å². The van der Waals surface area contributed by atoms with Crippen molar-refractivity contribution < 1.29 is 0 Å². The van der Waals surface area contributed by atoms with Gasteiger partial charge < -0.3 is 0 Å². The standard InChI is InChI=1S/C49H31N5S/c1-5-15-32(16-6-1)36-23-13-24-37(29-36)47-52-46(35-21-11-4-12-22-35)53-48(54-47)38-27-28-44-41(30-38)39-25-14-26-40(45(39)55-44)49-50-42(33-17-7-2-8-18-33)31-43(51-49)34-19-9-3-10-20-34/h1-31H. The van der Waals surface area contributed by atoms with Gasteiger partial charge in [0.15, 0.2) is 23.3 Å². The summed E-state index contributed by atoms with van der Waals surface area (Å²) >= 11 is 1.76. The van der Waals surface area contributed by atoms with E-state index in [9.17, 15) is 0 Å². The number of thiophene rings is 1. The first-order valence-corrected chi connectivity index (χ1v) is 19.0. The van der Waals surface area contributed by atoms with Gasteiger partial charge in [0, 0.05) is 53.6 Å². The molecule has 10 rings (SSSR count). The molecule has 0 atom stereocenters. The van der Waals surface area contributed by atoms with E-state index in [0.29, 0.717) is 23.3 Å². The number of fused-ring (bicyclic) bond motifs is 3. The summed E-state index contributed by atoms with van der Waals surface area (Å²) in [6.45, 7) is 0. The Balaban J connectivity index is 1.11. The molecule has 3 heterocycles. The smallest absolute Gasteiger partial charge is 0.164 e. The van der Waals surface area contributed by atoms with Gasteiger partial charge in [0.2, 0.25) is 0 Å². The molecule has 0 spiro atoms. The van der Waals surface area contributed by atoms with Crippen molar-refractivity contribution in [3.05, 3.63) is 188 Å². The van der Waals surface area contributed by atoms with Crippen molar-refractivity contribution in [3.8, 4) is 79.2 Å². The molecule has 0 aliphatic carbocycles. The van der Waals surface area contributed by atoms with Crippen LogP contribution in [-0.2, 0) is 0 Å². The van der Waals surface area contributed by atoms with Crippen molar-refractivity contribution in [2.45, 2.75) is 0 Å². The zero-order valence-electron chi connectivity index (χ0n) is 29.5. The van der Waals surface area contributed by atoms with Crippen LogP contribution >= 0.6 is 11.3 Å². The van der Waals surface area contributed by atoms with Gasteiger partial charge in [-0.1, -0.05) is 152 Å². The van der Waals surface area contributed by atoms with Crippen LogP contribution in [0.1, 0.15) is 0 Å². The van der Waals surface area contributed by atoms with Crippen molar-refractivity contribution in [2.75, 3.05) is 0 Å². The van der Waals surface area contributed by atoms with E-state index in [1.54, 1.807) is 11.3 Å². The summed E-state index contributed by atoms with van der Waals surface area (Å²) in [7, 11) is 0. The van der Waals surface area contributed by atoms with Gasteiger partial charge in [0.05, 0.1) is 11.4 Å². The second-order valence-electron chi connectivity index (χ2n) is 13.3. The van der Waals surface area contributed by atoms with Crippen LogP contribution in [0.25, 0.3) is 99.4 Å². The molecule has 3 aromatic heterocycles. The van der Waals surface area contributed by atoms with E-state index in [1.165, 1.54) is 4.70 Å². The summed E-state index contributed by atoms with van der Waals surface area (Å²) in [6.07, 6.45) is 0. The zero-order chi connectivity index (χ0) is 36.6. The van der Waals surface area contributed by atoms with Gasteiger partial charge in [-0.25, -0.2) is 24.9 Å². The van der Waals surface area contributed by atoms with Crippen molar-refractivity contribution in [3.63, 3.8) is 0 Å². The molecule has 0 saturated heterocycles. The van der Waals surface area contributed by atoms with E-state index in [4.69, 9.17) is 24.9 Å². The Morgan fingerprint density at radius 1 is 0.291 bits per heavy atom. The Kier molecular flexibility index (Phi) is 8.28. The minimum Gasteiger partial charge on any atom is -0.228 e. The first-order chi connectivity index (χ1) is 27.2. The predicted octanol–water partition coefficient (Wildman–Crippen LogP) is 12.7. The first-order valence-electron chi connectivity index (χ1n) is 18.2. The molecule has 258 valence electrons. The summed E-state index contributed by atoms with van der Waals surface area (Å²) < 4.78 is 2.31. The Morgan fingerprint density at radius 3 is 1.40 bits per heavy atom. The molecule has 55 heavy (non-hydrogen) atoms. The van der Waals surface area contributed by atoms with Gasteiger partial charge in [-0.05, 0) is 47.5 Å². The Bertz CT molecular complexity index is 2910. The lowest BCUT2D eigenvalue weighted by atomic mass is 10.0. The Labute approximate surface area is 322 Å². The lowest BCUT2D eigenvalue weighted by Crippen LogP contribution is -2.00. The fourth-order valence-electron chi connectivity index (χ4n) is 7.01. The molecule has 0 saturated carbocycles. The van der Waals surface area contributed by atoms with Crippen LogP contribution in [0.4, 0.5) is 0 Å². The van der Waals surface area contributed by atoms with Crippen LogP contribution < -0.4 is 0 Å². The van der Waals surface area contributed by atoms with Crippen molar-refractivity contribution in [2.24, 2.45) is 0 Å². The molecule has 0 fully saturated rings. The van der Waals surface area contributed by atoms with Crippen molar-refractivity contribution in [1.82, 2.24) is 24.9 Å². The third kappa shape index (κ3) is 6.35. The maximum Gasteiger partial charge on any atom is 0.164 e. The van der Waals surface area contributed by atoms with Gasteiger partial charge in [-0.3, -0.25) is 0 Å². The minimum absolute atomic E-state index is 0.623. The Morgan fingerprint density at radius 2 is 0.782 bits per heavy atom. The number of hydrogen-bond donors (Lipinski definition) is 0. The van der Waals surface area contributed by atoms with E-state index in [-0.39, 0.29) is 0 Å². The monoisotopic (exact) mass is 721 g/mol. The number of nitrogens with zero attached hydrogens (tertiary/aromatic N) is 5. The largest absolute Gasteiger partial charge is 0.228 e. The second kappa shape index (κ2) is 14.0. The summed E-state index contributed by atoms with van der Waals surface area (Å²) in [6, 6.07) is 64.5. The average molecular weight is 722 g/mol. The highest BCUT2D eigenvalue weighted by atomic mass is 32.1. The van der Waals surface area contributed by atoms with Gasteiger partial charge in [0.1, 0.15) is 0 Å². The van der Waals surface area contributed by atoms with E-state index < -0.39 is 0 Å². The number of aromatic nitrogens is 5. The van der Waals surface area contributed by atoms with Crippen LogP contribution in [0.2, 0.25) is 0 Å². The molecule has 7 aromatic carbocycles. The fourth-order valence-corrected chi connectivity index (χ4v) is 8.21. The first kappa shape index (κ1) is 32.5. The lowest BCUT2D eigenvalue weighted by Gasteiger charge is -2.10. The van der Waals surface area contributed by atoms with E-state index >= 15 is 0 Å². The maximum absolute atomic E-state index is 5.16. The summed E-state index contributed by atoms with van der Waals surface area (Å²) in [4.78, 5) is 25.5. The number of hydrogen-bond acceptors (Lipinski definition) is 6. The molecular weight excluding hydrogens is 691 g/mol. The summed E-state index contributed by atoms with van der Waals surface area (Å²) in [5.41, 5.74) is 9.92. The Hall–Kier alpha value is -7.15. The third-order valence-corrected chi connectivity index (χ3v) is 11.0. The molecular formula is C49H31N5S. The third-order valence-electron chi connectivity index (χ3n) is 9.76. The van der Waals surface area contributed by atoms with Gasteiger partial charge in [-0.2, -0.15) is 0 Å². The molecule has 0 amide bonds. The molecule has 0 bridgehead atoms. The van der Waals surface area contributed by atoms with Gasteiger partial charge in [0.25, 0.3) is 0 Å². The normalized spacial score (nSPS) is 11.3. The molecule has 0 N–H and O–H groups in total. The van der Waals surface area contributed by atoms with Gasteiger partial charge in [-0.15, -0.1) is 11.3 Å². The quantitative estimate of drug-likeness (QED) is 0.164. The maximum atomic E-state index is 5.16. The van der Waals surface area contributed by atoms with Gasteiger partial charge >= 0.3 is 0 Å².